The largest absolute Gasteiger partial charge is 0.480 e. The molecule has 28 heavy (non-hydrogen) atoms. The smallest absolute Gasteiger partial charge is 0.451 e. The van der Waals surface area contributed by atoms with E-state index in [1.54, 1.807) is 0 Å². The molecule has 2 rings (SSSR count). The lowest BCUT2D eigenvalue weighted by atomic mass is 9.81. The maximum atomic E-state index is 11.6. The van der Waals surface area contributed by atoms with Gasteiger partial charge in [-0.15, -0.1) is 0 Å². The van der Waals surface area contributed by atoms with Gasteiger partial charge in [-0.05, 0) is 51.2 Å². The van der Waals surface area contributed by atoms with Gasteiger partial charge in [-0.2, -0.15) is 0 Å². The lowest BCUT2D eigenvalue weighted by molar-refractivity contribution is -0.144. The maximum absolute atomic E-state index is 11.6. The number of carbonyl (C=O) groups is 1. The van der Waals surface area contributed by atoms with Crippen molar-refractivity contribution in [1.29, 1.82) is 0 Å². The minimum atomic E-state index is -1.34. The van der Waals surface area contributed by atoms with Crippen molar-refractivity contribution in [1.82, 2.24) is 4.90 Å². The van der Waals surface area contributed by atoms with Gasteiger partial charge in [0.2, 0.25) is 0 Å². The molecule has 5 N–H and O–H groups in total. The normalized spacial score (nSPS) is 17.4. The van der Waals surface area contributed by atoms with Crippen LogP contribution in [-0.4, -0.2) is 71.4 Å². The summed E-state index contributed by atoms with van der Waals surface area (Å²) in [6.07, 6.45) is 2.93. The molecule has 1 aliphatic rings. The minimum Gasteiger partial charge on any atom is -0.480 e. The zero-order valence-corrected chi connectivity index (χ0v) is 16.9. The lowest BCUT2D eigenvalue weighted by Gasteiger charge is -2.36. The summed E-state index contributed by atoms with van der Waals surface area (Å²) < 4.78 is 0. The first-order chi connectivity index (χ1) is 13.3. The van der Waals surface area contributed by atoms with Gasteiger partial charge in [-0.3, -0.25) is 9.69 Å². The van der Waals surface area contributed by atoms with E-state index in [1.165, 1.54) is 11.3 Å². The number of aryl methyl sites for hydroxylation is 1. The van der Waals surface area contributed by atoms with Gasteiger partial charge in [-0.1, -0.05) is 30.5 Å². The first kappa shape index (κ1) is 22.7. The number of nitrogens with zero attached hydrogens (tertiary/aromatic N) is 2. The number of benzene rings is 1. The van der Waals surface area contributed by atoms with Gasteiger partial charge in [0, 0.05) is 31.9 Å². The van der Waals surface area contributed by atoms with Crippen molar-refractivity contribution < 1.29 is 19.9 Å². The fourth-order valence-corrected chi connectivity index (χ4v) is 3.71. The highest BCUT2D eigenvalue weighted by atomic mass is 16.4. The van der Waals surface area contributed by atoms with Crippen LogP contribution >= 0.6 is 0 Å². The third-order valence-corrected chi connectivity index (χ3v) is 5.63. The van der Waals surface area contributed by atoms with Crippen molar-refractivity contribution in [3.8, 4) is 0 Å². The number of carboxylic acid groups (broad SMARTS) is 1. The van der Waals surface area contributed by atoms with E-state index in [2.05, 4.69) is 41.0 Å². The number of hydrogen-bond donors (Lipinski definition) is 4. The van der Waals surface area contributed by atoms with Gasteiger partial charge < -0.3 is 25.8 Å². The molecule has 1 saturated heterocycles. The molecule has 0 saturated carbocycles. The maximum Gasteiger partial charge on any atom is 0.451 e. The molecule has 1 fully saturated rings. The number of aliphatic carboxylic acids is 1. The lowest BCUT2D eigenvalue weighted by Crippen LogP contribution is -2.49. The standard InChI is InChI=1S/C20H34BN3O4/c1-17-5-7-18(8-6-17)24-15-13-23(14-16-24)12-4-10-20(22,19(25)26)9-2-3-11-21(27)28/h5-8,27-28H,2-4,9-16,22H2,1H3,(H,25,26). The number of hydrogen-bond acceptors (Lipinski definition) is 6. The first-order valence-electron chi connectivity index (χ1n) is 10.2. The van der Waals surface area contributed by atoms with Crippen LogP contribution in [0.2, 0.25) is 6.32 Å². The highest BCUT2D eigenvalue weighted by Gasteiger charge is 2.33. The van der Waals surface area contributed by atoms with E-state index in [0.29, 0.717) is 25.7 Å². The van der Waals surface area contributed by atoms with Gasteiger partial charge in [0.05, 0.1) is 0 Å². The minimum absolute atomic E-state index is 0.251. The van der Waals surface area contributed by atoms with Crippen LogP contribution in [0.1, 0.15) is 37.7 Å². The molecule has 1 heterocycles. The Kier molecular flexibility index (Phi) is 8.75. The zero-order chi connectivity index (χ0) is 20.6. The van der Waals surface area contributed by atoms with E-state index in [-0.39, 0.29) is 6.32 Å². The van der Waals surface area contributed by atoms with Crippen LogP contribution in [-0.2, 0) is 4.79 Å². The summed E-state index contributed by atoms with van der Waals surface area (Å²) in [6.45, 7) is 6.81. The molecule has 1 unspecified atom stereocenters. The molecule has 0 radical (unpaired) electrons. The molecule has 0 spiro atoms. The molecular weight excluding hydrogens is 357 g/mol. The van der Waals surface area contributed by atoms with Crippen molar-refractivity contribution in [2.45, 2.75) is 50.9 Å². The Hall–Kier alpha value is -1.61. The fourth-order valence-electron chi connectivity index (χ4n) is 3.71. The van der Waals surface area contributed by atoms with Crippen molar-refractivity contribution in [2.75, 3.05) is 37.6 Å². The summed E-state index contributed by atoms with van der Waals surface area (Å²) in [7, 11) is -1.34. The van der Waals surface area contributed by atoms with Crippen LogP contribution in [0.15, 0.2) is 24.3 Å². The van der Waals surface area contributed by atoms with E-state index in [4.69, 9.17) is 15.8 Å². The first-order valence-corrected chi connectivity index (χ1v) is 10.2. The second-order valence-corrected chi connectivity index (χ2v) is 7.96. The molecule has 0 amide bonds. The molecule has 1 aromatic rings. The number of piperazine rings is 1. The Bertz CT molecular complexity index is 606. The van der Waals surface area contributed by atoms with Gasteiger partial charge in [0.25, 0.3) is 0 Å². The predicted octanol–water partition coefficient (Wildman–Crippen LogP) is 1.32. The van der Waals surface area contributed by atoms with Crippen LogP contribution in [0.25, 0.3) is 0 Å². The molecule has 1 aromatic carbocycles. The summed E-state index contributed by atoms with van der Waals surface area (Å²) in [5, 5.41) is 27.3. The Morgan fingerprint density at radius 2 is 1.68 bits per heavy atom. The van der Waals surface area contributed by atoms with Gasteiger partial charge in [-0.25, -0.2) is 0 Å². The van der Waals surface area contributed by atoms with Crippen molar-refractivity contribution in [2.24, 2.45) is 5.73 Å². The van der Waals surface area contributed by atoms with Crippen LogP contribution in [0, 0.1) is 6.92 Å². The van der Waals surface area contributed by atoms with Crippen LogP contribution < -0.4 is 10.6 Å². The SMILES string of the molecule is Cc1ccc(N2CCN(CCCC(N)(CCCCB(O)O)C(=O)O)CC2)cc1. The van der Waals surface area contributed by atoms with E-state index >= 15 is 0 Å². The van der Waals surface area contributed by atoms with E-state index < -0.39 is 18.6 Å². The summed E-state index contributed by atoms with van der Waals surface area (Å²) in [4.78, 5) is 16.4. The molecule has 156 valence electrons. The summed E-state index contributed by atoms with van der Waals surface area (Å²) in [5.74, 6) is -0.971. The molecular formula is C20H34BN3O4. The summed E-state index contributed by atoms with van der Waals surface area (Å²) in [5.41, 5.74) is 7.42. The number of carboxylic acids is 1. The van der Waals surface area contributed by atoms with Crippen molar-refractivity contribution in [3.05, 3.63) is 29.8 Å². The van der Waals surface area contributed by atoms with Gasteiger partial charge in [0.1, 0.15) is 5.54 Å². The quantitative estimate of drug-likeness (QED) is 0.333. The molecule has 0 bridgehead atoms. The molecule has 0 aliphatic carbocycles. The average Bonchev–Trinajstić information content (AvgIpc) is 2.66. The Labute approximate surface area is 168 Å². The Balaban J connectivity index is 1.71. The summed E-state index contributed by atoms with van der Waals surface area (Å²) in [6, 6.07) is 8.60. The molecule has 7 nitrogen and oxygen atoms in total. The number of anilines is 1. The van der Waals surface area contributed by atoms with Crippen LogP contribution in [0.5, 0.6) is 0 Å². The second-order valence-electron chi connectivity index (χ2n) is 7.96. The van der Waals surface area contributed by atoms with E-state index in [9.17, 15) is 9.90 Å². The third-order valence-electron chi connectivity index (χ3n) is 5.63. The van der Waals surface area contributed by atoms with Gasteiger partial charge >= 0.3 is 13.1 Å². The molecule has 1 aliphatic heterocycles. The van der Waals surface area contributed by atoms with Gasteiger partial charge in [0.15, 0.2) is 0 Å². The van der Waals surface area contributed by atoms with E-state index in [0.717, 1.165) is 39.1 Å². The van der Waals surface area contributed by atoms with Crippen LogP contribution in [0.3, 0.4) is 0 Å². The van der Waals surface area contributed by atoms with Crippen molar-refractivity contribution >= 4 is 18.8 Å². The Morgan fingerprint density at radius 1 is 1.07 bits per heavy atom. The number of unbranched alkanes of at least 4 members (excludes halogenated alkanes) is 1. The topological polar surface area (TPSA) is 110 Å². The third kappa shape index (κ3) is 7.09. The predicted molar refractivity (Wildman–Crippen MR) is 112 cm³/mol. The molecule has 1 atom stereocenters. The number of nitrogens with two attached hydrogens (primary N) is 1. The average molecular weight is 391 g/mol. The van der Waals surface area contributed by atoms with E-state index in [1.807, 2.05) is 0 Å². The molecule has 0 aromatic heterocycles. The zero-order valence-electron chi connectivity index (χ0n) is 16.9. The van der Waals surface area contributed by atoms with Crippen molar-refractivity contribution in [3.63, 3.8) is 0 Å². The van der Waals surface area contributed by atoms with Crippen LogP contribution in [0.4, 0.5) is 5.69 Å². The summed E-state index contributed by atoms with van der Waals surface area (Å²) >= 11 is 0. The molecule has 8 heteroatoms. The second kappa shape index (κ2) is 10.8. The highest BCUT2D eigenvalue weighted by molar-refractivity contribution is 6.40. The fraction of sp³-hybridized carbons (Fsp3) is 0.650. The Morgan fingerprint density at radius 3 is 2.25 bits per heavy atom. The monoisotopic (exact) mass is 391 g/mol. The number of rotatable bonds is 11. The highest BCUT2D eigenvalue weighted by Crippen LogP contribution is 2.21.